The van der Waals surface area contributed by atoms with Crippen LogP contribution in [0.2, 0.25) is 0 Å². The molecule has 0 N–H and O–H groups in total. The van der Waals surface area contributed by atoms with E-state index in [2.05, 4.69) is 40.0 Å². The largest absolute Gasteiger partial charge is 0.261 e. The van der Waals surface area contributed by atoms with Crippen molar-refractivity contribution < 1.29 is 0 Å². The van der Waals surface area contributed by atoms with E-state index in [1.807, 2.05) is 6.20 Å². The predicted octanol–water partition coefficient (Wildman–Crippen LogP) is 3.41. The second-order valence-corrected chi connectivity index (χ2v) is 4.78. The van der Waals surface area contributed by atoms with E-state index in [9.17, 15) is 0 Å². The van der Waals surface area contributed by atoms with Crippen LogP contribution in [0.5, 0.6) is 0 Å². The summed E-state index contributed by atoms with van der Waals surface area (Å²) in [4.78, 5) is 4.85. The Hall–Kier alpha value is -0.370. The van der Waals surface area contributed by atoms with Crippen LogP contribution in [-0.4, -0.2) is 4.98 Å². The van der Waals surface area contributed by atoms with Gasteiger partial charge in [-0.3, -0.25) is 4.98 Å². The monoisotopic (exact) mass is 225 g/mol. The zero-order valence-electron chi connectivity index (χ0n) is 7.13. The fourth-order valence-corrected chi connectivity index (χ4v) is 1.54. The van der Waals surface area contributed by atoms with E-state index in [-0.39, 0.29) is 0 Å². The Kier molecular flexibility index (Phi) is 2.18. The first-order chi connectivity index (χ1) is 5.77. The third-order valence-electron chi connectivity index (χ3n) is 2.26. The third kappa shape index (κ3) is 1.69. The summed E-state index contributed by atoms with van der Waals surface area (Å²) in [7, 11) is 0. The molecule has 0 saturated heterocycles. The molecule has 1 fully saturated rings. The number of hydrogen-bond donors (Lipinski definition) is 0. The number of halogens is 1. The molecule has 1 heterocycles. The van der Waals surface area contributed by atoms with Crippen molar-refractivity contribution in [2.45, 2.75) is 30.5 Å². The summed E-state index contributed by atoms with van der Waals surface area (Å²) < 4.78 is 0. The van der Waals surface area contributed by atoms with E-state index in [1.54, 1.807) is 0 Å². The van der Waals surface area contributed by atoms with Gasteiger partial charge in [0.15, 0.2) is 0 Å². The van der Waals surface area contributed by atoms with Crippen molar-refractivity contribution in [3.63, 3.8) is 0 Å². The molecule has 12 heavy (non-hydrogen) atoms. The average Bonchev–Trinajstić information content (AvgIpc) is 2.87. The van der Waals surface area contributed by atoms with Crippen molar-refractivity contribution in [1.82, 2.24) is 4.98 Å². The molecule has 0 radical (unpaired) electrons. The lowest BCUT2D eigenvalue weighted by atomic mass is 10.2. The number of pyridine rings is 1. The minimum absolute atomic E-state index is 0.415. The van der Waals surface area contributed by atoms with Crippen LogP contribution in [0.25, 0.3) is 0 Å². The average molecular weight is 226 g/mol. The summed E-state index contributed by atoms with van der Waals surface area (Å²) >= 11 is 3.52. The lowest BCUT2D eigenvalue weighted by molar-refractivity contribution is 0.992. The Morgan fingerprint density at radius 3 is 2.67 bits per heavy atom. The molecule has 1 aliphatic carbocycles. The quantitative estimate of drug-likeness (QED) is 0.704. The number of nitrogens with zero attached hydrogens (tertiary/aromatic N) is 1. The Morgan fingerprint density at radius 2 is 2.25 bits per heavy atom. The van der Waals surface area contributed by atoms with Crippen LogP contribution >= 0.6 is 15.9 Å². The molecule has 1 aliphatic rings. The maximum Gasteiger partial charge on any atom is 0.0434 e. The molecule has 1 atom stereocenters. The number of hydrogen-bond acceptors (Lipinski definition) is 1. The van der Waals surface area contributed by atoms with Gasteiger partial charge in [-0.2, -0.15) is 0 Å². The van der Waals surface area contributed by atoms with Crippen molar-refractivity contribution in [1.29, 1.82) is 0 Å². The van der Waals surface area contributed by atoms with Gasteiger partial charge in [-0.25, -0.2) is 0 Å². The number of alkyl halides is 1. The highest BCUT2D eigenvalue weighted by molar-refractivity contribution is 9.09. The maximum atomic E-state index is 4.43. The molecule has 1 aromatic heterocycles. The van der Waals surface area contributed by atoms with Crippen LogP contribution in [-0.2, 0) is 0 Å². The van der Waals surface area contributed by atoms with Crippen LogP contribution in [0.3, 0.4) is 0 Å². The van der Waals surface area contributed by atoms with Crippen molar-refractivity contribution >= 4 is 15.9 Å². The second kappa shape index (κ2) is 3.17. The van der Waals surface area contributed by atoms with Crippen LogP contribution in [0, 0.1) is 0 Å². The van der Waals surface area contributed by atoms with Gasteiger partial charge >= 0.3 is 0 Å². The molecule has 0 spiro atoms. The van der Waals surface area contributed by atoms with Crippen LogP contribution in [0.4, 0.5) is 0 Å². The van der Waals surface area contributed by atoms with Gasteiger partial charge < -0.3 is 0 Å². The summed E-state index contributed by atoms with van der Waals surface area (Å²) in [5, 5.41) is 0. The van der Waals surface area contributed by atoms with Crippen LogP contribution in [0.15, 0.2) is 18.3 Å². The van der Waals surface area contributed by atoms with Gasteiger partial charge in [-0.05, 0) is 31.4 Å². The molecule has 0 aliphatic heterocycles. The number of aromatic nitrogens is 1. The first kappa shape index (κ1) is 8.24. The third-order valence-corrected chi connectivity index (χ3v) is 2.79. The van der Waals surface area contributed by atoms with Gasteiger partial charge in [0.05, 0.1) is 0 Å². The first-order valence-corrected chi connectivity index (χ1v) is 5.29. The molecule has 2 heteroatoms. The minimum atomic E-state index is 0.415. The Balaban J connectivity index is 2.18. The van der Waals surface area contributed by atoms with E-state index in [4.69, 9.17) is 0 Å². The van der Waals surface area contributed by atoms with Gasteiger partial charge in [-0.1, -0.05) is 22.0 Å². The van der Waals surface area contributed by atoms with E-state index in [0.29, 0.717) is 4.83 Å². The van der Waals surface area contributed by atoms with Crippen molar-refractivity contribution in [2.24, 2.45) is 0 Å². The van der Waals surface area contributed by atoms with Gasteiger partial charge in [0, 0.05) is 22.6 Å². The van der Waals surface area contributed by atoms with Crippen molar-refractivity contribution in [3.8, 4) is 0 Å². The predicted molar refractivity (Wildman–Crippen MR) is 53.6 cm³/mol. The van der Waals surface area contributed by atoms with E-state index >= 15 is 0 Å². The standard InChI is InChI=1S/C10H12BrN/c1-7(11)9-4-5-10(12-6-9)8-2-3-8/h4-8H,2-3H2,1H3. The Morgan fingerprint density at radius 1 is 1.50 bits per heavy atom. The van der Waals surface area contributed by atoms with E-state index in [0.717, 1.165) is 5.92 Å². The summed E-state index contributed by atoms with van der Waals surface area (Å²) in [5.74, 6) is 0.768. The zero-order chi connectivity index (χ0) is 8.55. The van der Waals surface area contributed by atoms with Crippen molar-refractivity contribution in [2.75, 3.05) is 0 Å². The highest BCUT2D eigenvalue weighted by Crippen LogP contribution is 2.39. The molecule has 0 bridgehead atoms. The van der Waals surface area contributed by atoms with E-state index in [1.165, 1.54) is 24.1 Å². The molecular formula is C10H12BrN. The molecule has 1 unspecified atom stereocenters. The van der Waals surface area contributed by atoms with Crippen molar-refractivity contribution in [3.05, 3.63) is 29.6 Å². The zero-order valence-corrected chi connectivity index (χ0v) is 8.71. The molecule has 0 aromatic carbocycles. The van der Waals surface area contributed by atoms with E-state index < -0.39 is 0 Å². The summed E-state index contributed by atoms with van der Waals surface area (Å²) in [6.45, 7) is 2.12. The first-order valence-electron chi connectivity index (χ1n) is 4.37. The molecule has 1 saturated carbocycles. The maximum absolute atomic E-state index is 4.43. The summed E-state index contributed by atoms with van der Waals surface area (Å²) in [5.41, 5.74) is 2.53. The fraction of sp³-hybridized carbons (Fsp3) is 0.500. The second-order valence-electron chi connectivity index (χ2n) is 3.41. The van der Waals surface area contributed by atoms with Crippen LogP contribution in [0.1, 0.15) is 41.8 Å². The van der Waals surface area contributed by atoms with Gasteiger partial charge in [0.25, 0.3) is 0 Å². The van der Waals surface area contributed by atoms with Gasteiger partial charge in [0.2, 0.25) is 0 Å². The van der Waals surface area contributed by atoms with Gasteiger partial charge in [-0.15, -0.1) is 0 Å². The Labute approximate surface area is 81.3 Å². The number of rotatable bonds is 2. The van der Waals surface area contributed by atoms with Crippen LogP contribution < -0.4 is 0 Å². The molecule has 2 rings (SSSR count). The summed E-state index contributed by atoms with van der Waals surface area (Å²) in [6.07, 6.45) is 4.64. The smallest absolute Gasteiger partial charge is 0.0434 e. The molecule has 1 nitrogen and oxygen atoms in total. The highest BCUT2D eigenvalue weighted by Gasteiger charge is 2.24. The lowest BCUT2D eigenvalue weighted by Crippen LogP contribution is -1.89. The topological polar surface area (TPSA) is 12.9 Å². The lowest BCUT2D eigenvalue weighted by Gasteiger charge is -2.03. The SMILES string of the molecule is CC(Br)c1ccc(C2CC2)nc1. The highest BCUT2D eigenvalue weighted by atomic mass is 79.9. The van der Waals surface area contributed by atoms with Gasteiger partial charge in [0.1, 0.15) is 0 Å². The normalized spacial score (nSPS) is 19.2. The molecule has 64 valence electrons. The molecule has 0 amide bonds. The Bertz CT molecular complexity index is 241. The molecule has 1 aromatic rings. The minimum Gasteiger partial charge on any atom is -0.261 e. The molecular weight excluding hydrogens is 214 g/mol. The fourth-order valence-electron chi connectivity index (χ4n) is 1.27. The summed E-state index contributed by atoms with van der Waals surface area (Å²) in [6, 6.07) is 4.32.